The summed E-state index contributed by atoms with van der Waals surface area (Å²) in [6.07, 6.45) is 0.781. The van der Waals surface area contributed by atoms with Crippen LogP contribution in [0.2, 0.25) is 0 Å². The van der Waals surface area contributed by atoms with E-state index >= 15 is 0 Å². The van der Waals surface area contributed by atoms with Crippen LogP contribution in [0.5, 0.6) is 0 Å². The van der Waals surface area contributed by atoms with E-state index in [1.165, 1.54) is 0 Å². The van der Waals surface area contributed by atoms with Crippen LogP contribution in [0.4, 0.5) is 0 Å². The van der Waals surface area contributed by atoms with E-state index in [4.69, 9.17) is 0 Å². The van der Waals surface area contributed by atoms with Crippen LogP contribution in [0.1, 0.15) is 34.7 Å². The number of aryl methyl sites for hydroxylation is 2. The van der Waals surface area contributed by atoms with Crippen LogP contribution in [0, 0.1) is 0 Å². The lowest BCUT2D eigenvalue weighted by Crippen LogP contribution is -2.32. The third kappa shape index (κ3) is 3.05. The van der Waals surface area contributed by atoms with Crippen LogP contribution in [-0.2, 0) is 13.5 Å². The van der Waals surface area contributed by atoms with E-state index < -0.39 is 6.04 Å². The summed E-state index contributed by atoms with van der Waals surface area (Å²) in [6, 6.07) is 10.8. The first-order chi connectivity index (χ1) is 9.65. The van der Waals surface area contributed by atoms with E-state index in [9.17, 15) is 9.90 Å². The Morgan fingerprint density at radius 1 is 1.40 bits per heavy atom. The van der Waals surface area contributed by atoms with Crippen molar-refractivity contribution < 1.29 is 9.90 Å². The van der Waals surface area contributed by atoms with Gasteiger partial charge in [0, 0.05) is 7.05 Å². The van der Waals surface area contributed by atoms with Gasteiger partial charge in [-0.25, -0.2) is 0 Å². The molecule has 0 spiro atoms. The molecule has 0 saturated carbocycles. The normalized spacial score (nSPS) is 12.2. The molecule has 2 N–H and O–H groups in total. The fourth-order valence-electron chi connectivity index (χ4n) is 2.06. The summed E-state index contributed by atoms with van der Waals surface area (Å²) < 4.78 is 1.56. The third-order valence-corrected chi connectivity index (χ3v) is 3.22. The average Bonchev–Trinajstić information content (AvgIpc) is 2.86. The molecule has 0 aliphatic heterocycles. The van der Waals surface area contributed by atoms with Crippen molar-refractivity contribution in [3.05, 3.63) is 53.3 Å². The predicted molar refractivity (Wildman–Crippen MR) is 76.3 cm³/mol. The smallest absolute Gasteiger partial charge is 0.270 e. The van der Waals surface area contributed by atoms with Gasteiger partial charge in [0.15, 0.2) is 0 Å². The highest BCUT2D eigenvalue weighted by atomic mass is 16.3. The van der Waals surface area contributed by atoms with E-state index in [0.29, 0.717) is 5.69 Å². The largest absolute Gasteiger partial charge is 0.394 e. The Morgan fingerprint density at radius 3 is 2.65 bits per heavy atom. The molecule has 5 heteroatoms. The standard InChI is InChI=1S/C15H19N3O2/c1-3-12-9-14(18(2)17-12)15(20)16-13(10-19)11-7-5-4-6-8-11/h4-9,13,19H,3,10H2,1-2H3,(H,16,20)/t13-/m1/s1. The van der Waals surface area contributed by atoms with Crippen LogP contribution in [0.15, 0.2) is 36.4 Å². The molecule has 0 aliphatic carbocycles. The molecule has 5 nitrogen and oxygen atoms in total. The first kappa shape index (κ1) is 14.3. The number of aliphatic hydroxyl groups excluding tert-OH is 1. The molecular formula is C15H19N3O2. The van der Waals surface area contributed by atoms with E-state index in [0.717, 1.165) is 17.7 Å². The SMILES string of the molecule is CCc1cc(C(=O)N[C@H](CO)c2ccccc2)n(C)n1. The summed E-state index contributed by atoms with van der Waals surface area (Å²) in [6.45, 7) is 1.85. The number of aliphatic hydroxyl groups is 1. The first-order valence-corrected chi connectivity index (χ1v) is 6.65. The molecule has 0 saturated heterocycles. The van der Waals surface area contributed by atoms with Crippen LogP contribution < -0.4 is 5.32 Å². The van der Waals surface area contributed by atoms with Gasteiger partial charge in [-0.1, -0.05) is 37.3 Å². The van der Waals surface area contributed by atoms with E-state index in [1.807, 2.05) is 37.3 Å². The fourth-order valence-corrected chi connectivity index (χ4v) is 2.06. The van der Waals surface area contributed by atoms with Gasteiger partial charge in [-0.3, -0.25) is 9.48 Å². The number of hydrogen-bond donors (Lipinski definition) is 2. The number of benzene rings is 1. The molecule has 2 aromatic rings. The van der Waals surface area contributed by atoms with E-state index in [2.05, 4.69) is 10.4 Å². The van der Waals surface area contributed by atoms with Crippen LogP contribution in [0.3, 0.4) is 0 Å². The lowest BCUT2D eigenvalue weighted by molar-refractivity contribution is 0.0906. The Balaban J connectivity index is 2.15. The Bertz CT molecular complexity index is 578. The molecule has 1 aromatic heterocycles. The molecule has 0 unspecified atom stereocenters. The highest BCUT2D eigenvalue weighted by molar-refractivity contribution is 5.93. The van der Waals surface area contributed by atoms with Gasteiger partial charge in [-0.05, 0) is 18.1 Å². The molecule has 106 valence electrons. The molecule has 0 bridgehead atoms. The lowest BCUT2D eigenvalue weighted by Gasteiger charge is -2.16. The number of nitrogens with one attached hydrogen (secondary N) is 1. The van der Waals surface area contributed by atoms with Crippen molar-refractivity contribution >= 4 is 5.91 Å². The van der Waals surface area contributed by atoms with Crippen molar-refractivity contribution in [1.29, 1.82) is 0 Å². The summed E-state index contributed by atoms with van der Waals surface area (Å²) >= 11 is 0. The molecular weight excluding hydrogens is 254 g/mol. The number of hydrogen-bond acceptors (Lipinski definition) is 3. The lowest BCUT2D eigenvalue weighted by atomic mass is 10.1. The van der Waals surface area contributed by atoms with Crippen molar-refractivity contribution in [2.75, 3.05) is 6.61 Å². The highest BCUT2D eigenvalue weighted by Crippen LogP contribution is 2.13. The maximum absolute atomic E-state index is 12.3. The van der Waals surface area contributed by atoms with Crippen molar-refractivity contribution in [2.24, 2.45) is 7.05 Å². The minimum absolute atomic E-state index is 0.145. The predicted octanol–water partition coefficient (Wildman–Crippen LogP) is 1.45. The average molecular weight is 273 g/mol. The highest BCUT2D eigenvalue weighted by Gasteiger charge is 2.18. The summed E-state index contributed by atoms with van der Waals surface area (Å²) in [4.78, 5) is 12.3. The van der Waals surface area contributed by atoms with Crippen LogP contribution in [-0.4, -0.2) is 27.4 Å². The molecule has 0 radical (unpaired) electrons. The van der Waals surface area contributed by atoms with Gasteiger partial charge in [0.2, 0.25) is 0 Å². The molecule has 20 heavy (non-hydrogen) atoms. The van der Waals surface area contributed by atoms with Crippen molar-refractivity contribution in [3.63, 3.8) is 0 Å². The zero-order chi connectivity index (χ0) is 14.5. The van der Waals surface area contributed by atoms with Crippen molar-refractivity contribution in [2.45, 2.75) is 19.4 Å². The minimum atomic E-state index is -0.413. The Morgan fingerprint density at radius 2 is 2.10 bits per heavy atom. The van der Waals surface area contributed by atoms with Gasteiger partial charge in [0.25, 0.3) is 5.91 Å². The van der Waals surface area contributed by atoms with E-state index in [1.54, 1.807) is 17.8 Å². The topological polar surface area (TPSA) is 67.2 Å². The van der Waals surface area contributed by atoms with Crippen molar-refractivity contribution in [1.82, 2.24) is 15.1 Å². The number of amides is 1. The minimum Gasteiger partial charge on any atom is -0.394 e. The maximum Gasteiger partial charge on any atom is 0.270 e. The summed E-state index contributed by atoms with van der Waals surface area (Å²) in [7, 11) is 1.74. The Labute approximate surface area is 118 Å². The fraction of sp³-hybridized carbons (Fsp3) is 0.333. The van der Waals surface area contributed by atoms with Gasteiger partial charge in [-0.15, -0.1) is 0 Å². The summed E-state index contributed by atoms with van der Waals surface area (Å²) in [5, 5.41) is 16.5. The zero-order valence-corrected chi connectivity index (χ0v) is 11.7. The van der Waals surface area contributed by atoms with Gasteiger partial charge in [0.05, 0.1) is 18.3 Å². The molecule has 0 fully saturated rings. The van der Waals surface area contributed by atoms with Gasteiger partial charge in [-0.2, -0.15) is 5.10 Å². The molecule has 1 aromatic carbocycles. The monoisotopic (exact) mass is 273 g/mol. The van der Waals surface area contributed by atoms with Gasteiger partial charge >= 0.3 is 0 Å². The number of nitrogens with zero attached hydrogens (tertiary/aromatic N) is 2. The first-order valence-electron chi connectivity index (χ1n) is 6.65. The number of carbonyl (C=O) groups is 1. The molecule has 1 atom stereocenters. The van der Waals surface area contributed by atoms with Crippen LogP contribution >= 0.6 is 0 Å². The van der Waals surface area contributed by atoms with E-state index in [-0.39, 0.29) is 12.5 Å². The van der Waals surface area contributed by atoms with Gasteiger partial charge < -0.3 is 10.4 Å². The zero-order valence-electron chi connectivity index (χ0n) is 11.7. The number of aromatic nitrogens is 2. The maximum atomic E-state index is 12.3. The Kier molecular flexibility index (Phi) is 4.53. The molecule has 2 rings (SSSR count). The second-order valence-corrected chi connectivity index (χ2v) is 4.62. The summed E-state index contributed by atoms with van der Waals surface area (Å²) in [5.74, 6) is -0.234. The quantitative estimate of drug-likeness (QED) is 0.866. The van der Waals surface area contributed by atoms with Crippen LogP contribution in [0.25, 0.3) is 0 Å². The molecule has 1 heterocycles. The Hall–Kier alpha value is -2.14. The van der Waals surface area contributed by atoms with Gasteiger partial charge in [0.1, 0.15) is 5.69 Å². The second-order valence-electron chi connectivity index (χ2n) is 4.62. The third-order valence-electron chi connectivity index (χ3n) is 3.22. The number of rotatable bonds is 5. The second kappa shape index (κ2) is 6.34. The summed E-state index contributed by atoms with van der Waals surface area (Å²) in [5.41, 5.74) is 2.25. The molecule has 0 aliphatic rings. The molecule has 1 amide bonds. The number of carbonyl (C=O) groups excluding carboxylic acids is 1. The van der Waals surface area contributed by atoms with Crippen molar-refractivity contribution in [3.8, 4) is 0 Å².